The molecule has 2 rings (SSSR count). The largest absolute Gasteiger partial charge is 0.481 e. The smallest absolute Gasteiger partial charge is 0.303 e. The monoisotopic (exact) mass is 360 g/mol. The molecule has 0 radical (unpaired) electrons. The van der Waals surface area contributed by atoms with Gasteiger partial charge in [-0.15, -0.1) is 11.3 Å². The van der Waals surface area contributed by atoms with Crippen LogP contribution in [0.15, 0.2) is 9.85 Å². The summed E-state index contributed by atoms with van der Waals surface area (Å²) >= 11 is 5.06. The van der Waals surface area contributed by atoms with Crippen LogP contribution < -0.4 is 0 Å². The van der Waals surface area contributed by atoms with Gasteiger partial charge in [0, 0.05) is 4.88 Å². The van der Waals surface area contributed by atoms with Crippen molar-refractivity contribution >= 4 is 33.2 Å². The molecule has 1 saturated carbocycles. The van der Waals surface area contributed by atoms with Gasteiger partial charge in [-0.2, -0.15) is 0 Å². The molecule has 1 aliphatic rings. The lowest BCUT2D eigenvalue weighted by Crippen LogP contribution is -2.29. The second-order valence-corrected chi connectivity index (χ2v) is 8.55. The Balaban J connectivity index is 2.14. The van der Waals surface area contributed by atoms with Crippen LogP contribution in [0.3, 0.4) is 0 Å². The first-order valence-corrected chi connectivity index (χ1v) is 8.68. The number of carboxylic acids is 1. The molecule has 1 unspecified atom stereocenters. The van der Waals surface area contributed by atoms with Crippen LogP contribution in [-0.2, 0) is 4.79 Å². The maximum absolute atomic E-state index is 11.2. The van der Waals surface area contributed by atoms with Gasteiger partial charge in [0.25, 0.3) is 0 Å². The Kier molecular flexibility index (Phi) is 5.26. The Morgan fingerprint density at radius 1 is 1.45 bits per heavy atom. The van der Waals surface area contributed by atoms with Crippen LogP contribution in [0.4, 0.5) is 0 Å². The first-order valence-electron chi connectivity index (χ1n) is 7.08. The average molecular weight is 361 g/mol. The number of aliphatic carboxylic acids is 1. The number of aliphatic hydroxyl groups is 1. The van der Waals surface area contributed by atoms with Gasteiger partial charge in [-0.1, -0.05) is 19.3 Å². The second kappa shape index (κ2) is 6.58. The van der Waals surface area contributed by atoms with Crippen LogP contribution >= 0.6 is 27.3 Å². The highest BCUT2D eigenvalue weighted by molar-refractivity contribution is 9.11. The number of hydrogen-bond donors (Lipinski definition) is 2. The third kappa shape index (κ3) is 3.83. The van der Waals surface area contributed by atoms with Crippen molar-refractivity contribution in [2.75, 3.05) is 0 Å². The SMILES string of the molecule is Cc1sc(Br)cc1C(O)CC1(CC(=O)O)CCCCC1. The highest BCUT2D eigenvalue weighted by Crippen LogP contribution is 2.46. The Hall–Kier alpha value is -0.390. The van der Waals surface area contributed by atoms with Gasteiger partial charge in [0.1, 0.15) is 0 Å². The number of aliphatic hydroxyl groups excluding tert-OH is 1. The zero-order valence-corrected chi connectivity index (χ0v) is 14.1. The van der Waals surface area contributed by atoms with E-state index in [0.29, 0.717) is 6.42 Å². The lowest BCUT2D eigenvalue weighted by atomic mass is 9.68. The van der Waals surface area contributed by atoms with Gasteiger partial charge in [-0.05, 0) is 59.2 Å². The summed E-state index contributed by atoms with van der Waals surface area (Å²) in [6.45, 7) is 2.00. The predicted octanol–water partition coefficient (Wildman–Crippen LogP) is 4.67. The summed E-state index contributed by atoms with van der Waals surface area (Å²) in [5, 5.41) is 19.7. The van der Waals surface area contributed by atoms with E-state index in [4.69, 9.17) is 0 Å². The van der Waals surface area contributed by atoms with Crippen LogP contribution in [0, 0.1) is 12.3 Å². The molecule has 0 amide bonds. The molecule has 1 fully saturated rings. The molecule has 1 heterocycles. The topological polar surface area (TPSA) is 57.5 Å². The number of rotatable bonds is 5. The van der Waals surface area contributed by atoms with E-state index in [1.54, 1.807) is 11.3 Å². The number of halogens is 1. The summed E-state index contributed by atoms with van der Waals surface area (Å²) in [5.74, 6) is -0.748. The van der Waals surface area contributed by atoms with E-state index in [1.807, 2.05) is 13.0 Å². The third-order valence-corrected chi connectivity index (χ3v) is 5.92. The molecule has 5 heteroatoms. The fourth-order valence-electron chi connectivity index (χ4n) is 3.39. The molecule has 20 heavy (non-hydrogen) atoms. The summed E-state index contributed by atoms with van der Waals surface area (Å²) < 4.78 is 1.01. The molecule has 3 nitrogen and oxygen atoms in total. The molecule has 112 valence electrons. The minimum Gasteiger partial charge on any atom is -0.481 e. The molecular formula is C15H21BrO3S. The third-order valence-electron chi connectivity index (χ3n) is 4.35. The van der Waals surface area contributed by atoms with Crippen molar-refractivity contribution in [1.29, 1.82) is 0 Å². The molecule has 0 saturated heterocycles. The summed E-state index contributed by atoms with van der Waals surface area (Å²) in [5.41, 5.74) is 0.710. The van der Waals surface area contributed by atoms with Gasteiger partial charge in [0.2, 0.25) is 0 Å². The second-order valence-electron chi connectivity index (χ2n) is 5.91. The molecule has 0 spiro atoms. The number of aryl methyl sites for hydroxylation is 1. The quantitative estimate of drug-likeness (QED) is 0.801. The molecule has 0 aromatic carbocycles. The van der Waals surface area contributed by atoms with Gasteiger partial charge < -0.3 is 10.2 Å². The Bertz CT molecular complexity index is 477. The molecule has 0 aliphatic heterocycles. The van der Waals surface area contributed by atoms with Gasteiger partial charge in [-0.25, -0.2) is 0 Å². The van der Waals surface area contributed by atoms with Crippen LogP contribution in [0.25, 0.3) is 0 Å². The minimum absolute atomic E-state index is 0.175. The van der Waals surface area contributed by atoms with E-state index >= 15 is 0 Å². The summed E-state index contributed by atoms with van der Waals surface area (Å²) in [6.07, 6.45) is 5.34. The van der Waals surface area contributed by atoms with Gasteiger partial charge >= 0.3 is 5.97 Å². The van der Waals surface area contributed by atoms with Crippen molar-refractivity contribution in [2.24, 2.45) is 5.41 Å². The molecule has 1 aromatic heterocycles. The van der Waals surface area contributed by atoms with Crippen LogP contribution in [0.1, 0.15) is 61.5 Å². The molecule has 2 N–H and O–H groups in total. The molecular weight excluding hydrogens is 340 g/mol. The Labute approximate surface area is 132 Å². The fraction of sp³-hybridized carbons (Fsp3) is 0.667. The molecule has 0 bridgehead atoms. The lowest BCUT2D eigenvalue weighted by Gasteiger charge is -2.37. The number of hydrogen-bond acceptors (Lipinski definition) is 3. The first-order chi connectivity index (χ1) is 9.42. The summed E-state index contributed by atoms with van der Waals surface area (Å²) in [7, 11) is 0. The Morgan fingerprint density at radius 2 is 2.10 bits per heavy atom. The summed E-state index contributed by atoms with van der Waals surface area (Å²) in [4.78, 5) is 12.3. The van der Waals surface area contributed by atoms with Gasteiger partial charge in [-0.3, -0.25) is 4.79 Å². The van der Waals surface area contributed by atoms with E-state index in [1.165, 1.54) is 6.42 Å². The molecule has 1 aromatic rings. The van der Waals surface area contributed by atoms with E-state index in [-0.39, 0.29) is 11.8 Å². The van der Waals surface area contributed by atoms with Gasteiger partial charge in [0.05, 0.1) is 16.3 Å². The van der Waals surface area contributed by atoms with Crippen LogP contribution in [-0.4, -0.2) is 16.2 Å². The maximum atomic E-state index is 11.2. The van der Waals surface area contributed by atoms with E-state index < -0.39 is 12.1 Å². The molecule has 1 atom stereocenters. The van der Waals surface area contributed by atoms with Crippen molar-refractivity contribution in [3.63, 3.8) is 0 Å². The zero-order chi connectivity index (χ0) is 14.8. The number of thiophene rings is 1. The lowest BCUT2D eigenvalue weighted by molar-refractivity contribution is -0.141. The van der Waals surface area contributed by atoms with Crippen molar-refractivity contribution in [1.82, 2.24) is 0 Å². The standard InChI is InChI=1S/C15H21BrO3S/c1-10-11(7-13(16)20-10)12(17)8-15(9-14(18)19)5-3-2-4-6-15/h7,12,17H,2-6,8-9H2,1H3,(H,18,19). The summed E-state index contributed by atoms with van der Waals surface area (Å²) in [6, 6.07) is 1.96. The average Bonchev–Trinajstić information content (AvgIpc) is 2.68. The highest BCUT2D eigenvalue weighted by Gasteiger charge is 2.37. The minimum atomic E-state index is -0.748. The van der Waals surface area contributed by atoms with Crippen molar-refractivity contribution in [3.05, 3.63) is 20.3 Å². The van der Waals surface area contributed by atoms with E-state index in [9.17, 15) is 15.0 Å². The van der Waals surface area contributed by atoms with Gasteiger partial charge in [0.15, 0.2) is 0 Å². The maximum Gasteiger partial charge on any atom is 0.303 e. The molecule has 1 aliphatic carbocycles. The normalized spacial score (nSPS) is 19.8. The zero-order valence-electron chi connectivity index (χ0n) is 11.7. The van der Waals surface area contributed by atoms with Crippen LogP contribution in [0.2, 0.25) is 0 Å². The van der Waals surface area contributed by atoms with Crippen molar-refractivity contribution in [2.45, 2.75) is 58.0 Å². The predicted molar refractivity (Wildman–Crippen MR) is 84.1 cm³/mol. The number of carboxylic acid groups (broad SMARTS) is 1. The van der Waals surface area contributed by atoms with Crippen molar-refractivity contribution < 1.29 is 15.0 Å². The fourth-order valence-corrected chi connectivity index (χ4v) is 5.15. The van der Waals surface area contributed by atoms with Crippen molar-refractivity contribution in [3.8, 4) is 0 Å². The first kappa shape index (κ1) is 16.0. The number of carbonyl (C=O) groups is 1. The van der Waals surface area contributed by atoms with E-state index in [2.05, 4.69) is 15.9 Å². The highest BCUT2D eigenvalue weighted by atomic mass is 79.9. The van der Waals surface area contributed by atoms with E-state index in [0.717, 1.165) is 39.9 Å². The van der Waals surface area contributed by atoms with Crippen LogP contribution in [0.5, 0.6) is 0 Å². The Morgan fingerprint density at radius 3 is 2.60 bits per heavy atom.